The van der Waals surface area contributed by atoms with Gasteiger partial charge < -0.3 is 10.6 Å². The van der Waals surface area contributed by atoms with Crippen molar-refractivity contribution in [1.29, 1.82) is 0 Å². The molecule has 1 rings (SSSR count). The van der Waals surface area contributed by atoms with Gasteiger partial charge in [0.15, 0.2) is 0 Å². The van der Waals surface area contributed by atoms with E-state index in [1.165, 1.54) is 18.9 Å². The topological polar surface area (TPSA) is 29.3 Å². The molecule has 1 unspecified atom stereocenters. The van der Waals surface area contributed by atoms with Crippen LogP contribution in [0.25, 0.3) is 0 Å². The fourth-order valence-corrected chi connectivity index (χ4v) is 2.03. The lowest BCUT2D eigenvalue weighted by molar-refractivity contribution is 0.591. The van der Waals surface area contributed by atoms with Gasteiger partial charge in [0.1, 0.15) is 5.82 Å². The van der Waals surface area contributed by atoms with Crippen molar-refractivity contribution >= 4 is 5.69 Å². The number of unbranched alkanes of at least 4 members (excludes halogenated alkanes) is 2. The molecule has 0 saturated heterocycles. The number of hydrogen-bond donors (Lipinski definition) is 1. The van der Waals surface area contributed by atoms with E-state index in [1.807, 2.05) is 20.0 Å². The summed E-state index contributed by atoms with van der Waals surface area (Å²) in [5.74, 6) is -0.208. The Labute approximate surface area is 104 Å². The molecule has 0 aliphatic heterocycles. The van der Waals surface area contributed by atoms with Gasteiger partial charge in [-0.2, -0.15) is 0 Å². The SMILES string of the molecule is CCCCCN(C)c1cccc(F)c1C(C)N. The fraction of sp³-hybridized carbons (Fsp3) is 0.571. The van der Waals surface area contributed by atoms with Gasteiger partial charge in [-0.3, -0.25) is 0 Å². The molecule has 3 heteroatoms. The van der Waals surface area contributed by atoms with Crippen LogP contribution in [0.2, 0.25) is 0 Å². The summed E-state index contributed by atoms with van der Waals surface area (Å²) in [4.78, 5) is 2.09. The lowest BCUT2D eigenvalue weighted by atomic mass is 10.0. The Kier molecular flexibility index (Phi) is 5.42. The van der Waals surface area contributed by atoms with Gasteiger partial charge in [0, 0.05) is 30.9 Å². The van der Waals surface area contributed by atoms with Crippen molar-refractivity contribution in [3.63, 3.8) is 0 Å². The third-order valence-electron chi connectivity index (χ3n) is 2.99. The number of benzene rings is 1. The lowest BCUT2D eigenvalue weighted by Crippen LogP contribution is -2.22. The summed E-state index contributed by atoms with van der Waals surface area (Å²) < 4.78 is 13.7. The zero-order valence-corrected chi connectivity index (χ0v) is 11.0. The van der Waals surface area contributed by atoms with Crippen molar-refractivity contribution in [3.05, 3.63) is 29.6 Å². The van der Waals surface area contributed by atoms with Crippen LogP contribution in [0.1, 0.15) is 44.7 Å². The molecule has 0 aliphatic rings. The molecule has 1 aromatic rings. The van der Waals surface area contributed by atoms with E-state index in [0.717, 1.165) is 18.7 Å². The van der Waals surface area contributed by atoms with Crippen molar-refractivity contribution in [2.75, 3.05) is 18.5 Å². The number of halogens is 1. The highest BCUT2D eigenvalue weighted by atomic mass is 19.1. The smallest absolute Gasteiger partial charge is 0.130 e. The van der Waals surface area contributed by atoms with Crippen molar-refractivity contribution in [1.82, 2.24) is 0 Å². The molecule has 96 valence electrons. The van der Waals surface area contributed by atoms with Gasteiger partial charge in [0.25, 0.3) is 0 Å². The first-order valence-corrected chi connectivity index (χ1v) is 6.33. The first kappa shape index (κ1) is 14.0. The van der Waals surface area contributed by atoms with Crippen molar-refractivity contribution in [3.8, 4) is 0 Å². The second-order valence-electron chi connectivity index (χ2n) is 4.59. The number of nitrogens with two attached hydrogens (primary N) is 1. The molecular formula is C14H23FN2. The molecule has 0 heterocycles. The summed E-state index contributed by atoms with van der Waals surface area (Å²) in [6.45, 7) is 4.94. The Bertz CT molecular complexity index is 350. The zero-order chi connectivity index (χ0) is 12.8. The van der Waals surface area contributed by atoms with Crippen LogP contribution in [0.3, 0.4) is 0 Å². The van der Waals surface area contributed by atoms with E-state index < -0.39 is 0 Å². The molecule has 0 saturated carbocycles. The van der Waals surface area contributed by atoms with Gasteiger partial charge in [-0.25, -0.2) is 4.39 Å². The third kappa shape index (κ3) is 3.70. The molecule has 1 atom stereocenters. The Morgan fingerprint density at radius 1 is 1.35 bits per heavy atom. The van der Waals surface area contributed by atoms with Gasteiger partial charge in [-0.05, 0) is 25.5 Å². The minimum atomic E-state index is -0.278. The van der Waals surface area contributed by atoms with Gasteiger partial charge in [0.05, 0.1) is 0 Å². The number of hydrogen-bond acceptors (Lipinski definition) is 2. The molecule has 0 aliphatic carbocycles. The van der Waals surface area contributed by atoms with Crippen LogP contribution in [-0.4, -0.2) is 13.6 Å². The van der Waals surface area contributed by atoms with Gasteiger partial charge in [0.2, 0.25) is 0 Å². The van der Waals surface area contributed by atoms with Gasteiger partial charge in [-0.1, -0.05) is 25.8 Å². The quantitative estimate of drug-likeness (QED) is 0.769. The van der Waals surface area contributed by atoms with E-state index in [4.69, 9.17) is 5.73 Å². The molecule has 17 heavy (non-hydrogen) atoms. The van der Waals surface area contributed by atoms with Crippen LogP contribution >= 0.6 is 0 Å². The normalized spacial score (nSPS) is 12.5. The molecular weight excluding hydrogens is 215 g/mol. The predicted octanol–water partition coefficient (Wildman–Crippen LogP) is 3.47. The Morgan fingerprint density at radius 3 is 2.65 bits per heavy atom. The predicted molar refractivity (Wildman–Crippen MR) is 71.8 cm³/mol. The summed E-state index contributed by atoms with van der Waals surface area (Å²) in [7, 11) is 2.00. The number of anilines is 1. The maximum atomic E-state index is 13.7. The summed E-state index contributed by atoms with van der Waals surface area (Å²) in [6.07, 6.45) is 3.52. The summed E-state index contributed by atoms with van der Waals surface area (Å²) >= 11 is 0. The first-order valence-electron chi connectivity index (χ1n) is 6.33. The Balaban J connectivity index is 2.85. The fourth-order valence-electron chi connectivity index (χ4n) is 2.03. The van der Waals surface area contributed by atoms with Crippen molar-refractivity contribution < 1.29 is 4.39 Å². The van der Waals surface area contributed by atoms with Gasteiger partial charge >= 0.3 is 0 Å². The molecule has 0 bridgehead atoms. The molecule has 1 aromatic carbocycles. The molecule has 0 spiro atoms. The van der Waals surface area contributed by atoms with E-state index in [1.54, 1.807) is 6.07 Å². The average molecular weight is 238 g/mol. The van der Waals surface area contributed by atoms with Crippen LogP contribution < -0.4 is 10.6 Å². The van der Waals surface area contributed by atoms with Crippen LogP contribution in [0.4, 0.5) is 10.1 Å². The monoisotopic (exact) mass is 238 g/mol. The Morgan fingerprint density at radius 2 is 2.06 bits per heavy atom. The highest BCUT2D eigenvalue weighted by Gasteiger charge is 2.14. The molecule has 0 aromatic heterocycles. The molecule has 0 radical (unpaired) electrons. The van der Waals surface area contributed by atoms with Crippen LogP contribution in [0.15, 0.2) is 18.2 Å². The minimum Gasteiger partial charge on any atom is -0.374 e. The minimum absolute atomic E-state index is 0.208. The van der Waals surface area contributed by atoms with E-state index in [9.17, 15) is 4.39 Å². The molecule has 0 fully saturated rings. The van der Waals surface area contributed by atoms with Gasteiger partial charge in [-0.15, -0.1) is 0 Å². The third-order valence-corrected chi connectivity index (χ3v) is 2.99. The van der Waals surface area contributed by atoms with Crippen molar-refractivity contribution in [2.45, 2.75) is 39.2 Å². The molecule has 0 amide bonds. The van der Waals surface area contributed by atoms with Crippen molar-refractivity contribution in [2.24, 2.45) is 5.73 Å². The largest absolute Gasteiger partial charge is 0.374 e. The summed E-state index contributed by atoms with van der Waals surface area (Å²) in [5.41, 5.74) is 7.37. The second kappa shape index (κ2) is 6.60. The highest BCUT2D eigenvalue weighted by molar-refractivity contribution is 5.54. The van der Waals surface area contributed by atoms with E-state index in [-0.39, 0.29) is 11.9 Å². The standard InChI is InChI=1S/C14H23FN2/c1-4-5-6-10-17(3)13-9-7-8-12(15)14(13)11(2)16/h7-9,11H,4-6,10,16H2,1-3H3. The second-order valence-corrected chi connectivity index (χ2v) is 4.59. The summed E-state index contributed by atoms with van der Waals surface area (Å²) in [5, 5.41) is 0. The van der Waals surface area contributed by atoms with E-state index in [0.29, 0.717) is 5.56 Å². The maximum absolute atomic E-state index is 13.7. The first-order chi connectivity index (χ1) is 8.07. The average Bonchev–Trinajstić information content (AvgIpc) is 2.28. The van der Waals surface area contributed by atoms with Crippen LogP contribution in [-0.2, 0) is 0 Å². The van der Waals surface area contributed by atoms with E-state index >= 15 is 0 Å². The highest BCUT2D eigenvalue weighted by Crippen LogP contribution is 2.27. The maximum Gasteiger partial charge on any atom is 0.130 e. The Hall–Kier alpha value is -1.09. The molecule has 2 N–H and O–H groups in total. The van der Waals surface area contributed by atoms with Crippen LogP contribution in [0, 0.1) is 5.82 Å². The number of nitrogens with zero attached hydrogens (tertiary/aromatic N) is 1. The summed E-state index contributed by atoms with van der Waals surface area (Å²) in [6, 6.07) is 4.88. The number of rotatable bonds is 6. The lowest BCUT2D eigenvalue weighted by Gasteiger charge is -2.24. The zero-order valence-electron chi connectivity index (χ0n) is 11.0. The van der Waals surface area contributed by atoms with Crippen LogP contribution in [0.5, 0.6) is 0 Å². The molecule has 2 nitrogen and oxygen atoms in total. The van der Waals surface area contributed by atoms with E-state index in [2.05, 4.69) is 11.8 Å².